The molecule has 0 bridgehead atoms. The molecule has 1 aromatic rings. The van der Waals surface area contributed by atoms with Crippen LogP contribution in [-0.4, -0.2) is 18.4 Å². The molecule has 16 heavy (non-hydrogen) atoms. The maximum atomic E-state index is 11.3. The molecular weight excluding hydrogens is 204 g/mol. The Morgan fingerprint density at radius 2 is 2.19 bits per heavy atom. The number of carbonyl (C=O) groups is 2. The van der Waals surface area contributed by atoms with Gasteiger partial charge in [-0.15, -0.1) is 6.42 Å². The smallest absolute Gasteiger partial charge is 0.243 e. The van der Waals surface area contributed by atoms with E-state index in [9.17, 15) is 9.59 Å². The van der Waals surface area contributed by atoms with E-state index in [0.29, 0.717) is 11.3 Å². The lowest BCUT2D eigenvalue weighted by molar-refractivity contribution is -0.122. The lowest BCUT2D eigenvalue weighted by Gasteiger charge is -2.05. The molecule has 0 aliphatic carbocycles. The molecule has 0 aromatic heterocycles. The predicted octanol–water partition coefficient (Wildman–Crippen LogP) is 0.743. The molecule has 4 heteroatoms. The molecule has 2 amide bonds. The average Bonchev–Trinajstić information content (AvgIpc) is 2.26. The van der Waals surface area contributed by atoms with Gasteiger partial charge in [-0.3, -0.25) is 9.59 Å². The fourth-order valence-corrected chi connectivity index (χ4v) is 1.10. The number of nitrogens with one attached hydrogen (secondary N) is 2. The Kier molecular flexibility index (Phi) is 4.10. The quantitative estimate of drug-likeness (QED) is 0.732. The number of amides is 2. The lowest BCUT2D eigenvalue weighted by Crippen LogP contribution is -2.31. The number of hydrogen-bond donors (Lipinski definition) is 2. The van der Waals surface area contributed by atoms with E-state index in [0.717, 1.165) is 0 Å². The zero-order chi connectivity index (χ0) is 12.0. The van der Waals surface area contributed by atoms with Gasteiger partial charge in [0, 0.05) is 18.2 Å². The van der Waals surface area contributed by atoms with Gasteiger partial charge >= 0.3 is 0 Å². The van der Waals surface area contributed by atoms with Crippen molar-refractivity contribution in [1.29, 1.82) is 0 Å². The van der Waals surface area contributed by atoms with Gasteiger partial charge in [0.15, 0.2) is 0 Å². The van der Waals surface area contributed by atoms with E-state index in [2.05, 4.69) is 16.6 Å². The third-order valence-electron chi connectivity index (χ3n) is 1.81. The monoisotopic (exact) mass is 216 g/mol. The van der Waals surface area contributed by atoms with Gasteiger partial charge in [0.25, 0.3) is 0 Å². The molecule has 0 atom stereocenters. The summed E-state index contributed by atoms with van der Waals surface area (Å²) in [6, 6.07) is 6.94. The molecule has 0 spiro atoms. The molecule has 0 aliphatic heterocycles. The number of terminal acetylenes is 1. The minimum Gasteiger partial charge on any atom is -0.347 e. The van der Waals surface area contributed by atoms with Crippen molar-refractivity contribution in [3.8, 4) is 12.3 Å². The van der Waals surface area contributed by atoms with Crippen LogP contribution < -0.4 is 10.6 Å². The van der Waals surface area contributed by atoms with Crippen LogP contribution >= 0.6 is 0 Å². The highest BCUT2D eigenvalue weighted by Crippen LogP contribution is 2.09. The van der Waals surface area contributed by atoms with E-state index in [1.807, 2.05) is 0 Å². The average molecular weight is 216 g/mol. The first kappa shape index (κ1) is 11.8. The highest BCUT2D eigenvalue weighted by Gasteiger charge is 2.02. The minimum absolute atomic E-state index is 0.0460. The summed E-state index contributed by atoms with van der Waals surface area (Å²) in [7, 11) is 0. The zero-order valence-corrected chi connectivity index (χ0v) is 8.91. The van der Waals surface area contributed by atoms with Gasteiger partial charge < -0.3 is 10.6 Å². The Hall–Kier alpha value is -2.28. The van der Waals surface area contributed by atoms with Crippen LogP contribution in [0.1, 0.15) is 12.5 Å². The maximum absolute atomic E-state index is 11.3. The van der Waals surface area contributed by atoms with Crippen molar-refractivity contribution in [1.82, 2.24) is 5.32 Å². The molecule has 4 nitrogen and oxygen atoms in total. The zero-order valence-electron chi connectivity index (χ0n) is 8.91. The fourth-order valence-electron chi connectivity index (χ4n) is 1.10. The molecule has 1 rings (SSSR count). The van der Waals surface area contributed by atoms with E-state index < -0.39 is 0 Å². The van der Waals surface area contributed by atoms with E-state index in [1.54, 1.807) is 24.3 Å². The maximum Gasteiger partial charge on any atom is 0.243 e. The van der Waals surface area contributed by atoms with Crippen molar-refractivity contribution in [3.05, 3.63) is 29.8 Å². The van der Waals surface area contributed by atoms with Crippen molar-refractivity contribution >= 4 is 17.5 Å². The first-order chi connectivity index (χ1) is 7.61. The van der Waals surface area contributed by atoms with Gasteiger partial charge in [0.2, 0.25) is 11.8 Å². The second-order valence-corrected chi connectivity index (χ2v) is 3.18. The highest BCUT2D eigenvalue weighted by atomic mass is 16.2. The number of benzene rings is 1. The van der Waals surface area contributed by atoms with Crippen LogP contribution in [0.25, 0.3) is 0 Å². The molecule has 0 saturated carbocycles. The van der Waals surface area contributed by atoms with Crippen LogP contribution in [0.2, 0.25) is 0 Å². The summed E-state index contributed by atoms with van der Waals surface area (Å²) in [5.74, 6) is 1.94. The minimum atomic E-state index is -0.288. The van der Waals surface area contributed by atoms with Crippen molar-refractivity contribution in [2.24, 2.45) is 0 Å². The normalized spacial score (nSPS) is 9.00. The lowest BCUT2D eigenvalue weighted by atomic mass is 10.2. The third kappa shape index (κ3) is 3.84. The van der Waals surface area contributed by atoms with Crippen molar-refractivity contribution in [3.63, 3.8) is 0 Å². The van der Waals surface area contributed by atoms with Crippen LogP contribution in [0.4, 0.5) is 5.69 Å². The molecule has 0 fully saturated rings. The summed E-state index contributed by atoms with van der Waals surface area (Å²) in [5.41, 5.74) is 1.31. The van der Waals surface area contributed by atoms with Gasteiger partial charge in [-0.25, -0.2) is 0 Å². The number of anilines is 1. The third-order valence-corrected chi connectivity index (χ3v) is 1.81. The number of hydrogen-bond acceptors (Lipinski definition) is 2. The Bertz CT molecular complexity index is 447. The van der Waals surface area contributed by atoms with Crippen LogP contribution in [-0.2, 0) is 9.59 Å². The van der Waals surface area contributed by atoms with Crippen molar-refractivity contribution in [2.75, 3.05) is 11.9 Å². The summed E-state index contributed by atoms with van der Waals surface area (Å²) >= 11 is 0. The molecule has 1 aromatic carbocycles. The first-order valence-electron chi connectivity index (χ1n) is 4.73. The predicted molar refractivity (Wildman–Crippen MR) is 61.7 cm³/mol. The van der Waals surface area contributed by atoms with Crippen LogP contribution in [0, 0.1) is 12.3 Å². The SMILES string of the molecule is C#Cc1cccc(NC(=O)CNC(C)=O)c1. The summed E-state index contributed by atoms with van der Waals surface area (Å²) in [5, 5.41) is 5.03. The van der Waals surface area contributed by atoms with Gasteiger partial charge in [0.1, 0.15) is 0 Å². The largest absolute Gasteiger partial charge is 0.347 e. The molecule has 0 aliphatic rings. The van der Waals surface area contributed by atoms with Crippen molar-refractivity contribution in [2.45, 2.75) is 6.92 Å². The van der Waals surface area contributed by atoms with Gasteiger partial charge in [0.05, 0.1) is 6.54 Å². The standard InChI is InChI=1S/C12H12N2O2/c1-3-10-5-4-6-11(7-10)14-12(16)8-13-9(2)15/h1,4-7H,8H2,2H3,(H,13,15)(H,14,16). The van der Waals surface area contributed by atoms with Gasteiger partial charge in [-0.2, -0.15) is 0 Å². The van der Waals surface area contributed by atoms with E-state index in [-0.39, 0.29) is 18.4 Å². The van der Waals surface area contributed by atoms with Crippen LogP contribution in [0.5, 0.6) is 0 Å². The molecule has 0 unspecified atom stereocenters. The summed E-state index contributed by atoms with van der Waals surface area (Å²) in [6.07, 6.45) is 5.23. The Balaban J connectivity index is 2.56. The molecule has 0 saturated heterocycles. The summed E-state index contributed by atoms with van der Waals surface area (Å²) in [6.45, 7) is 1.31. The Labute approximate surface area is 94.0 Å². The second-order valence-electron chi connectivity index (χ2n) is 3.18. The molecule has 0 heterocycles. The van der Waals surface area contributed by atoms with Gasteiger partial charge in [-0.1, -0.05) is 12.0 Å². The fraction of sp³-hybridized carbons (Fsp3) is 0.167. The number of rotatable bonds is 3. The molecule has 82 valence electrons. The second kappa shape index (κ2) is 5.56. The topological polar surface area (TPSA) is 58.2 Å². The molecular formula is C12H12N2O2. The number of carbonyl (C=O) groups excluding carboxylic acids is 2. The van der Waals surface area contributed by atoms with Crippen LogP contribution in [0.15, 0.2) is 24.3 Å². The van der Waals surface area contributed by atoms with E-state index >= 15 is 0 Å². The van der Waals surface area contributed by atoms with E-state index in [1.165, 1.54) is 6.92 Å². The summed E-state index contributed by atoms with van der Waals surface area (Å²) < 4.78 is 0. The van der Waals surface area contributed by atoms with Crippen LogP contribution in [0.3, 0.4) is 0 Å². The molecule has 2 N–H and O–H groups in total. The highest BCUT2D eigenvalue weighted by molar-refractivity contribution is 5.94. The Morgan fingerprint density at radius 3 is 2.81 bits per heavy atom. The van der Waals surface area contributed by atoms with E-state index in [4.69, 9.17) is 6.42 Å². The molecule has 0 radical (unpaired) electrons. The first-order valence-corrected chi connectivity index (χ1v) is 4.73. The van der Waals surface area contributed by atoms with Crippen molar-refractivity contribution < 1.29 is 9.59 Å². The summed E-state index contributed by atoms with van der Waals surface area (Å²) in [4.78, 5) is 21.9. The van der Waals surface area contributed by atoms with Gasteiger partial charge in [-0.05, 0) is 18.2 Å². The Morgan fingerprint density at radius 1 is 1.44 bits per heavy atom.